The lowest BCUT2D eigenvalue weighted by Gasteiger charge is -2.04. The van der Waals surface area contributed by atoms with Crippen molar-refractivity contribution in [3.63, 3.8) is 0 Å². The van der Waals surface area contributed by atoms with E-state index in [1.165, 1.54) is 30.0 Å². The summed E-state index contributed by atoms with van der Waals surface area (Å²) in [5.74, 6) is 1.65. The van der Waals surface area contributed by atoms with E-state index in [0.29, 0.717) is 0 Å². The molecule has 0 spiro atoms. The van der Waals surface area contributed by atoms with Gasteiger partial charge in [0.15, 0.2) is 0 Å². The quantitative estimate of drug-likeness (QED) is 0.733. The molecule has 2 aliphatic rings. The van der Waals surface area contributed by atoms with Gasteiger partial charge in [-0.1, -0.05) is 6.08 Å². The van der Waals surface area contributed by atoms with E-state index in [4.69, 9.17) is 0 Å². The molecule has 0 saturated carbocycles. The summed E-state index contributed by atoms with van der Waals surface area (Å²) in [5, 5.41) is 3.43. The van der Waals surface area contributed by atoms with Crippen molar-refractivity contribution in [2.45, 2.75) is 6.42 Å². The first kappa shape index (κ1) is 7.71. The minimum Gasteiger partial charge on any atom is -0.316 e. The monoisotopic (exact) mass is 192 g/mol. The molecule has 1 saturated heterocycles. The number of allylic oxidation sites excluding steroid dienone is 1. The number of aromatic nitrogens is 1. The molecule has 3 heteroatoms. The van der Waals surface area contributed by atoms with Gasteiger partial charge in [0.1, 0.15) is 0 Å². The Labute approximate surface area is 81.7 Å². The molecule has 1 aliphatic carbocycles. The van der Waals surface area contributed by atoms with E-state index in [0.717, 1.165) is 11.8 Å². The van der Waals surface area contributed by atoms with Gasteiger partial charge in [0, 0.05) is 17.6 Å². The van der Waals surface area contributed by atoms with Gasteiger partial charge in [0.2, 0.25) is 0 Å². The molecule has 1 aromatic rings. The highest BCUT2D eigenvalue weighted by Crippen LogP contribution is 2.39. The van der Waals surface area contributed by atoms with Crippen LogP contribution in [0, 0.1) is 11.8 Å². The molecular weight excluding hydrogens is 180 g/mol. The Balaban J connectivity index is 1.88. The second kappa shape index (κ2) is 2.93. The third kappa shape index (κ3) is 1.23. The molecule has 2 nitrogen and oxygen atoms in total. The Morgan fingerprint density at radius 3 is 3.23 bits per heavy atom. The van der Waals surface area contributed by atoms with Crippen LogP contribution in [-0.2, 0) is 0 Å². The van der Waals surface area contributed by atoms with Crippen LogP contribution in [0.1, 0.15) is 11.3 Å². The lowest BCUT2D eigenvalue weighted by atomic mass is 10.00. The zero-order valence-corrected chi connectivity index (χ0v) is 8.18. The van der Waals surface area contributed by atoms with Crippen molar-refractivity contribution in [2.75, 3.05) is 13.1 Å². The first-order chi connectivity index (χ1) is 6.43. The minimum absolute atomic E-state index is 0.789. The molecular formula is C10H12N2S. The number of rotatable bonds is 1. The first-order valence-electron chi connectivity index (χ1n) is 4.74. The highest BCUT2D eigenvalue weighted by Gasteiger charge is 2.31. The molecule has 0 bridgehead atoms. The predicted octanol–water partition coefficient (Wildman–Crippen LogP) is 1.77. The summed E-state index contributed by atoms with van der Waals surface area (Å²) in [6, 6.07) is 0. The number of thiazole rings is 1. The van der Waals surface area contributed by atoms with Gasteiger partial charge < -0.3 is 5.32 Å². The SMILES string of the molecule is C1=C(c2cncs2)CC2CNCC12. The summed E-state index contributed by atoms with van der Waals surface area (Å²) in [6.45, 7) is 2.37. The maximum absolute atomic E-state index is 4.12. The van der Waals surface area contributed by atoms with Crippen molar-refractivity contribution in [2.24, 2.45) is 11.8 Å². The number of nitrogens with one attached hydrogen (secondary N) is 1. The Bertz CT molecular complexity index is 329. The van der Waals surface area contributed by atoms with Crippen LogP contribution in [0.4, 0.5) is 0 Å². The fourth-order valence-corrected chi connectivity index (χ4v) is 3.00. The van der Waals surface area contributed by atoms with E-state index in [-0.39, 0.29) is 0 Å². The van der Waals surface area contributed by atoms with Crippen molar-refractivity contribution in [3.05, 3.63) is 22.7 Å². The lowest BCUT2D eigenvalue weighted by molar-refractivity contribution is 0.536. The molecule has 0 radical (unpaired) electrons. The van der Waals surface area contributed by atoms with E-state index >= 15 is 0 Å². The summed E-state index contributed by atoms with van der Waals surface area (Å²) in [5.41, 5.74) is 3.45. The summed E-state index contributed by atoms with van der Waals surface area (Å²) in [7, 11) is 0. The second-order valence-electron chi connectivity index (χ2n) is 3.84. The Hall–Kier alpha value is -0.670. The van der Waals surface area contributed by atoms with Crippen LogP contribution in [0.3, 0.4) is 0 Å². The average Bonchev–Trinajstić information content (AvgIpc) is 2.78. The van der Waals surface area contributed by atoms with E-state index in [2.05, 4.69) is 16.4 Å². The summed E-state index contributed by atoms with van der Waals surface area (Å²) < 4.78 is 0. The molecule has 3 rings (SSSR count). The molecule has 2 unspecified atom stereocenters. The van der Waals surface area contributed by atoms with Crippen molar-refractivity contribution in [1.82, 2.24) is 10.3 Å². The third-order valence-corrected chi connectivity index (χ3v) is 3.89. The number of hydrogen-bond donors (Lipinski definition) is 1. The maximum Gasteiger partial charge on any atom is 0.0797 e. The second-order valence-corrected chi connectivity index (χ2v) is 4.73. The van der Waals surface area contributed by atoms with Gasteiger partial charge in [-0.3, -0.25) is 4.98 Å². The van der Waals surface area contributed by atoms with Gasteiger partial charge in [0.25, 0.3) is 0 Å². The zero-order valence-electron chi connectivity index (χ0n) is 7.36. The molecule has 0 amide bonds. The van der Waals surface area contributed by atoms with Crippen LogP contribution < -0.4 is 5.32 Å². The first-order valence-corrected chi connectivity index (χ1v) is 5.62. The van der Waals surface area contributed by atoms with Gasteiger partial charge >= 0.3 is 0 Å². The highest BCUT2D eigenvalue weighted by atomic mass is 32.1. The Kier molecular flexibility index (Phi) is 1.73. The van der Waals surface area contributed by atoms with Crippen molar-refractivity contribution < 1.29 is 0 Å². The Morgan fingerprint density at radius 1 is 1.46 bits per heavy atom. The molecule has 0 aromatic carbocycles. The van der Waals surface area contributed by atoms with E-state index in [1.54, 1.807) is 11.3 Å². The number of nitrogens with zero attached hydrogens (tertiary/aromatic N) is 1. The Morgan fingerprint density at radius 2 is 2.46 bits per heavy atom. The fraction of sp³-hybridized carbons (Fsp3) is 0.500. The van der Waals surface area contributed by atoms with Crippen LogP contribution >= 0.6 is 11.3 Å². The number of fused-ring (bicyclic) bond motifs is 1. The third-order valence-electron chi connectivity index (χ3n) is 3.04. The smallest absolute Gasteiger partial charge is 0.0797 e. The van der Waals surface area contributed by atoms with E-state index in [9.17, 15) is 0 Å². The molecule has 1 aliphatic heterocycles. The van der Waals surface area contributed by atoms with Gasteiger partial charge in [-0.15, -0.1) is 11.3 Å². The van der Waals surface area contributed by atoms with Gasteiger partial charge in [-0.05, 0) is 30.4 Å². The van der Waals surface area contributed by atoms with E-state index < -0.39 is 0 Å². The average molecular weight is 192 g/mol. The van der Waals surface area contributed by atoms with Crippen LogP contribution in [0.15, 0.2) is 17.8 Å². The summed E-state index contributed by atoms with van der Waals surface area (Å²) in [6.07, 6.45) is 5.68. The topological polar surface area (TPSA) is 24.9 Å². The molecule has 2 atom stereocenters. The normalized spacial score (nSPS) is 31.8. The van der Waals surface area contributed by atoms with Gasteiger partial charge in [-0.2, -0.15) is 0 Å². The van der Waals surface area contributed by atoms with Crippen LogP contribution in [-0.4, -0.2) is 18.1 Å². The van der Waals surface area contributed by atoms with Crippen molar-refractivity contribution in [3.8, 4) is 0 Å². The summed E-state index contributed by atoms with van der Waals surface area (Å²) in [4.78, 5) is 5.49. The van der Waals surface area contributed by atoms with Crippen LogP contribution in [0.5, 0.6) is 0 Å². The predicted molar refractivity (Wildman–Crippen MR) is 54.6 cm³/mol. The standard InChI is InChI=1S/C10H12N2S/c1-7(10-5-12-6-13-10)2-9-4-11-3-8(1)9/h1,5-6,8-9,11H,2-4H2. The maximum atomic E-state index is 4.12. The van der Waals surface area contributed by atoms with Crippen molar-refractivity contribution in [1.29, 1.82) is 0 Å². The zero-order chi connectivity index (χ0) is 8.67. The molecule has 1 fully saturated rings. The van der Waals surface area contributed by atoms with Crippen LogP contribution in [0.25, 0.3) is 5.57 Å². The highest BCUT2D eigenvalue weighted by molar-refractivity contribution is 7.10. The van der Waals surface area contributed by atoms with E-state index in [1.807, 2.05) is 11.7 Å². The van der Waals surface area contributed by atoms with Gasteiger partial charge in [0.05, 0.1) is 5.51 Å². The summed E-state index contributed by atoms with van der Waals surface area (Å²) >= 11 is 1.76. The molecule has 68 valence electrons. The molecule has 1 N–H and O–H groups in total. The molecule has 2 heterocycles. The fourth-order valence-electron chi connectivity index (χ4n) is 2.34. The van der Waals surface area contributed by atoms with Crippen molar-refractivity contribution >= 4 is 16.9 Å². The lowest BCUT2D eigenvalue weighted by Crippen LogP contribution is -2.08. The molecule has 1 aromatic heterocycles. The number of hydrogen-bond acceptors (Lipinski definition) is 3. The van der Waals surface area contributed by atoms with Crippen LogP contribution in [0.2, 0.25) is 0 Å². The largest absolute Gasteiger partial charge is 0.316 e. The van der Waals surface area contributed by atoms with Gasteiger partial charge in [-0.25, -0.2) is 0 Å². The minimum atomic E-state index is 0.789. The molecule has 13 heavy (non-hydrogen) atoms.